The van der Waals surface area contributed by atoms with Crippen molar-refractivity contribution in [3.8, 4) is 0 Å². The van der Waals surface area contributed by atoms with Crippen molar-refractivity contribution >= 4 is 17.4 Å². The van der Waals surface area contributed by atoms with E-state index >= 15 is 0 Å². The maximum Gasteiger partial charge on any atom is 0.163 e. The summed E-state index contributed by atoms with van der Waals surface area (Å²) in [5, 5.41) is 0.772. The second-order valence-corrected chi connectivity index (χ2v) is 3.94. The molecule has 0 saturated heterocycles. The molecule has 0 aliphatic heterocycles. The molecule has 0 unspecified atom stereocenters. The summed E-state index contributed by atoms with van der Waals surface area (Å²) in [6, 6.07) is 3.85. The van der Waals surface area contributed by atoms with Gasteiger partial charge in [-0.3, -0.25) is 4.79 Å². The summed E-state index contributed by atoms with van der Waals surface area (Å²) >= 11 is 5.98. The molecule has 0 saturated carbocycles. The molecule has 0 bridgehead atoms. The zero-order valence-electron chi connectivity index (χ0n) is 7.56. The van der Waals surface area contributed by atoms with Gasteiger partial charge in [-0.1, -0.05) is 11.6 Å². The highest BCUT2D eigenvalue weighted by Gasteiger charge is 2.17. The Morgan fingerprint density at radius 2 is 2.08 bits per heavy atom. The Bertz CT molecular complexity index is 369. The molecular weight excluding hydrogens is 184 g/mol. The number of carbonyl (C=O) groups excluding carboxylic acids is 1. The molecule has 0 spiro atoms. The third kappa shape index (κ3) is 1.49. The van der Waals surface area contributed by atoms with Crippen LogP contribution in [0, 0.1) is 6.92 Å². The highest BCUT2D eigenvalue weighted by molar-refractivity contribution is 6.31. The SMILES string of the molecule is Cc1cc2c(cc1Cl)CCCC2=O. The fourth-order valence-corrected chi connectivity index (χ4v) is 1.95. The summed E-state index contributed by atoms with van der Waals surface area (Å²) in [4.78, 5) is 11.5. The highest BCUT2D eigenvalue weighted by Crippen LogP contribution is 2.26. The van der Waals surface area contributed by atoms with E-state index in [9.17, 15) is 4.79 Å². The topological polar surface area (TPSA) is 17.1 Å². The van der Waals surface area contributed by atoms with Crippen molar-refractivity contribution in [3.05, 3.63) is 33.8 Å². The maximum absolute atomic E-state index is 11.5. The van der Waals surface area contributed by atoms with Gasteiger partial charge in [0, 0.05) is 17.0 Å². The standard InChI is InChI=1S/C11H11ClO/c1-7-5-9-8(6-10(7)12)3-2-4-11(9)13/h5-6H,2-4H2,1H3. The Labute approximate surface area is 82.7 Å². The Morgan fingerprint density at radius 1 is 1.31 bits per heavy atom. The zero-order chi connectivity index (χ0) is 9.42. The number of carbonyl (C=O) groups is 1. The Kier molecular flexibility index (Phi) is 2.12. The van der Waals surface area contributed by atoms with Crippen LogP contribution >= 0.6 is 11.6 Å². The highest BCUT2D eigenvalue weighted by atomic mass is 35.5. The number of halogens is 1. The number of rotatable bonds is 0. The van der Waals surface area contributed by atoms with Crippen LogP contribution in [0.1, 0.15) is 34.3 Å². The number of ketones is 1. The van der Waals surface area contributed by atoms with Crippen molar-refractivity contribution in [2.24, 2.45) is 0 Å². The van der Waals surface area contributed by atoms with E-state index in [1.165, 1.54) is 0 Å². The summed E-state index contributed by atoms with van der Waals surface area (Å²) in [5.74, 6) is 0.265. The molecular formula is C11H11ClO. The number of hydrogen-bond acceptors (Lipinski definition) is 1. The van der Waals surface area contributed by atoms with Gasteiger partial charge in [0.25, 0.3) is 0 Å². The van der Waals surface area contributed by atoms with E-state index in [2.05, 4.69) is 0 Å². The average molecular weight is 195 g/mol. The van der Waals surface area contributed by atoms with Gasteiger partial charge < -0.3 is 0 Å². The lowest BCUT2D eigenvalue weighted by molar-refractivity contribution is 0.0972. The van der Waals surface area contributed by atoms with E-state index in [0.717, 1.165) is 34.6 Å². The second kappa shape index (κ2) is 3.15. The molecule has 0 atom stereocenters. The van der Waals surface area contributed by atoms with Crippen molar-refractivity contribution < 1.29 is 4.79 Å². The number of benzene rings is 1. The van der Waals surface area contributed by atoms with E-state index in [0.29, 0.717) is 6.42 Å². The van der Waals surface area contributed by atoms with Crippen LogP contribution in [0.15, 0.2) is 12.1 Å². The van der Waals surface area contributed by atoms with Crippen LogP contribution in [0.25, 0.3) is 0 Å². The van der Waals surface area contributed by atoms with E-state index < -0.39 is 0 Å². The first-order valence-electron chi connectivity index (χ1n) is 4.50. The molecule has 13 heavy (non-hydrogen) atoms. The van der Waals surface area contributed by atoms with Crippen molar-refractivity contribution in [2.75, 3.05) is 0 Å². The van der Waals surface area contributed by atoms with Crippen LogP contribution < -0.4 is 0 Å². The molecule has 1 aliphatic carbocycles. The van der Waals surface area contributed by atoms with Crippen molar-refractivity contribution in [2.45, 2.75) is 26.2 Å². The molecule has 0 N–H and O–H groups in total. The molecule has 1 aromatic rings. The lowest BCUT2D eigenvalue weighted by atomic mass is 9.89. The fraction of sp³-hybridized carbons (Fsp3) is 0.364. The van der Waals surface area contributed by atoms with Gasteiger partial charge in [0.05, 0.1) is 0 Å². The van der Waals surface area contributed by atoms with Crippen LogP contribution in [-0.2, 0) is 6.42 Å². The van der Waals surface area contributed by atoms with Gasteiger partial charge in [0.1, 0.15) is 0 Å². The number of Topliss-reactive ketones (excluding diaryl/α,β-unsaturated/α-hetero) is 1. The maximum atomic E-state index is 11.5. The van der Waals surface area contributed by atoms with Crippen molar-refractivity contribution in [1.82, 2.24) is 0 Å². The predicted molar refractivity (Wildman–Crippen MR) is 53.5 cm³/mol. The molecule has 1 aromatic carbocycles. The zero-order valence-corrected chi connectivity index (χ0v) is 8.32. The smallest absolute Gasteiger partial charge is 0.163 e. The van der Waals surface area contributed by atoms with Crippen LogP contribution in [0.3, 0.4) is 0 Å². The summed E-state index contributed by atoms with van der Waals surface area (Å²) in [7, 11) is 0. The fourth-order valence-electron chi connectivity index (χ4n) is 1.76. The first-order valence-corrected chi connectivity index (χ1v) is 4.88. The minimum absolute atomic E-state index is 0.265. The monoisotopic (exact) mass is 194 g/mol. The van der Waals surface area contributed by atoms with Crippen LogP contribution in [-0.4, -0.2) is 5.78 Å². The Balaban J connectivity index is 2.58. The first kappa shape index (κ1) is 8.76. The van der Waals surface area contributed by atoms with Crippen LogP contribution in [0.4, 0.5) is 0 Å². The summed E-state index contributed by atoms with van der Waals surface area (Å²) in [6.45, 7) is 1.94. The summed E-state index contributed by atoms with van der Waals surface area (Å²) in [5.41, 5.74) is 3.00. The molecule has 0 heterocycles. The number of aryl methyl sites for hydroxylation is 2. The molecule has 2 rings (SSSR count). The third-order valence-corrected chi connectivity index (χ3v) is 2.94. The normalized spacial score (nSPS) is 15.7. The minimum atomic E-state index is 0.265. The van der Waals surface area contributed by atoms with Crippen LogP contribution in [0.5, 0.6) is 0 Å². The van der Waals surface area contributed by atoms with Gasteiger partial charge in [0.2, 0.25) is 0 Å². The average Bonchev–Trinajstić information content (AvgIpc) is 2.09. The second-order valence-electron chi connectivity index (χ2n) is 3.54. The van der Waals surface area contributed by atoms with Crippen LogP contribution in [0.2, 0.25) is 5.02 Å². The molecule has 0 aromatic heterocycles. The summed E-state index contributed by atoms with van der Waals surface area (Å²) < 4.78 is 0. The van der Waals surface area contributed by atoms with E-state index in [4.69, 9.17) is 11.6 Å². The Morgan fingerprint density at radius 3 is 2.85 bits per heavy atom. The minimum Gasteiger partial charge on any atom is -0.294 e. The van der Waals surface area contributed by atoms with E-state index in [1.54, 1.807) is 0 Å². The Hall–Kier alpha value is -0.820. The molecule has 1 nitrogen and oxygen atoms in total. The van der Waals surface area contributed by atoms with Gasteiger partial charge in [-0.2, -0.15) is 0 Å². The number of hydrogen-bond donors (Lipinski definition) is 0. The van der Waals surface area contributed by atoms with E-state index in [-0.39, 0.29) is 5.78 Å². The lowest BCUT2D eigenvalue weighted by Gasteiger charge is -2.15. The molecule has 0 fully saturated rings. The summed E-state index contributed by atoms with van der Waals surface area (Å²) in [6.07, 6.45) is 2.64. The van der Waals surface area contributed by atoms with E-state index in [1.807, 2.05) is 19.1 Å². The van der Waals surface area contributed by atoms with Gasteiger partial charge in [-0.05, 0) is 43.0 Å². The molecule has 0 radical (unpaired) electrons. The van der Waals surface area contributed by atoms with Gasteiger partial charge in [-0.15, -0.1) is 0 Å². The molecule has 68 valence electrons. The van der Waals surface area contributed by atoms with Gasteiger partial charge in [-0.25, -0.2) is 0 Å². The molecule has 0 amide bonds. The van der Waals surface area contributed by atoms with Gasteiger partial charge in [0.15, 0.2) is 5.78 Å². The van der Waals surface area contributed by atoms with Crippen molar-refractivity contribution in [3.63, 3.8) is 0 Å². The largest absolute Gasteiger partial charge is 0.294 e. The van der Waals surface area contributed by atoms with Gasteiger partial charge >= 0.3 is 0 Å². The molecule has 1 aliphatic rings. The first-order chi connectivity index (χ1) is 6.18. The lowest BCUT2D eigenvalue weighted by Crippen LogP contribution is -2.10. The predicted octanol–water partition coefficient (Wildman–Crippen LogP) is 3.17. The number of fused-ring (bicyclic) bond motifs is 1. The third-order valence-electron chi connectivity index (χ3n) is 2.53. The van der Waals surface area contributed by atoms with Crippen molar-refractivity contribution in [1.29, 1.82) is 0 Å². The quantitative estimate of drug-likeness (QED) is 0.620. The molecule has 2 heteroatoms.